The molecule has 5 heteroatoms. The van der Waals surface area contributed by atoms with Crippen molar-refractivity contribution in [3.63, 3.8) is 0 Å². The lowest BCUT2D eigenvalue weighted by molar-refractivity contribution is -0.140. The molecular weight excluding hydrogens is 332 g/mol. The van der Waals surface area contributed by atoms with Gasteiger partial charge in [-0.2, -0.15) is 13.2 Å². The molecule has 1 aromatic rings. The number of benzene rings is 1. The van der Waals surface area contributed by atoms with E-state index in [0.29, 0.717) is 12.3 Å². The van der Waals surface area contributed by atoms with E-state index in [1.54, 1.807) is 6.92 Å². The summed E-state index contributed by atoms with van der Waals surface area (Å²) < 4.78 is 59.3. The molecule has 2 rings (SSSR count). The Morgan fingerprint density at radius 1 is 1.00 bits per heavy atom. The van der Waals surface area contributed by atoms with Crippen molar-refractivity contribution >= 4 is 0 Å². The molecule has 0 aromatic heterocycles. The highest BCUT2D eigenvalue weighted by atomic mass is 19.4. The zero-order valence-corrected chi connectivity index (χ0v) is 15.1. The van der Waals surface area contributed by atoms with Crippen LogP contribution in [0.15, 0.2) is 12.1 Å². The lowest BCUT2D eigenvalue weighted by atomic mass is 9.78. The number of alkyl halides is 3. The smallest absolute Gasteiger partial charge is 0.419 e. The van der Waals surface area contributed by atoms with Gasteiger partial charge in [0.2, 0.25) is 0 Å². The third-order valence-corrected chi connectivity index (χ3v) is 5.26. The van der Waals surface area contributed by atoms with Crippen molar-refractivity contribution in [3.8, 4) is 5.75 Å². The molecule has 1 nitrogen and oxygen atoms in total. The van der Waals surface area contributed by atoms with Gasteiger partial charge in [-0.15, -0.1) is 0 Å². The molecule has 1 aliphatic carbocycles. The second-order valence-corrected chi connectivity index (χ2v) is 7.06. The number of rotatable bonds is 7. The quantitative estimate of drug-likeness (QED) is 0.487. The largest absolute Gasteiger partial charge is 0.491 e. The summed E-state index contributed by atoms with van der Waals surface area (Å²) in [6, 6.07) is 2.70. The van der Waals surface area contributed by atoms with E-state index in [2.05, 4.69) is 6.92 Å². The van der Waals surface area contributed by atoms with Crippen LogP contribution in [0.5, 0.6) is 5.75 Å². The first kappa shape index (κ1) is 20.1. The molecule has 0 bridgehead atoms. The minimum atomic E-state index is -4.70. The molecule has 0 heterocycles. The number of ether oxygens (including phenoxy) is 1. The molecule has 0 aliphatic heterocycles. The van der Waals surface area contributed by atoms with Gasteiger partial charge in [-0.1, -0.05) is 51.5 Å². The van der Waals surface area contributed by atoms with Crippen molar-refractivity contribution in [1.82, 2.24) is 0 Å². The average molecular weight is 360 g/mol. The van der Waals surface area contributed by atoms with Gasteiger partial charge < -0.3 is 4.74 Å². The van der Waals surface area contributed by atoms with Gasteiger partial charge in [-0.25, -0.2) is 4.39 Å². The summed E-state index contributed by atoms with van der Waals surface area (Å²) in [7, 11) is 0. The van der Waals surface area contributed by atoms with E-state index < -0.39 is 17.6 Å². The number of hydrogen-bond donors (Lipinski definition) is 0. The molecule has 0 atom stereocenters. The van der Waals surface area contributed by atoms with Crippen LogP contribution in [0.1, 0.15) is 69.9 Å². The highest BCUT2D eigenvalue weighted by molar-refractivity contribution is 5.39. The summed E-state index contributed by atoms with van der Waals surface area (Å²) >= 11 is 0. The van der Waals surface area contributed by atoms with E-state index in [0.717, 1.165) is 18.8 Å². The monoisotopic (exact) mass is 360 g/mol. The summed E-state index contributed by atoms with van der Waals surface area (Å²) in [5.74, 6) is -0.379. The highest BCUT2D eigenvalue weighted by Crippen LogP contribution is 2.39. The second kappa shape index (κ2) is 8.91. The minimum absolute atomic E-state index is 0.0455. The van der Waals surface area contributed by atoms with Crippen LogP contribution in [-0.4, -0.2) is 6.61 Å². The van der Waals surface area contributed by atoms with Crippen LogP contribution in [0.25, 0.3) is 0 Å². The predicted molar refractivity (Wildman–Crippen MR) is 91.2 cm³/mol. The minimum Gasteiger partial charge on any atom is -0.491 e. The summed E-state index contributed by atoms with van der Waals surface area (Å²) in [5.41, 5.74) is -1.11. The molecule has 0 N–H and O–H groups in total. The van der Waals surface area contributed by atoms with Crippen LogP contribution in [0.4, 0.5) is 17.6 Å². The van der Waals surface area contributed by atoms with Gasteiger partial charge in [0.05, 0.1) is 12.2 Å². The number of halogens is 4. The van der Waals surface area contributed by atoms with Crippen molar-refractivity contribution in [2.75, 3.05) is 6.61 Å². The normalized spacial score (nSPS) is 21.4. The first-order valence-electron chi connectivity index (χ1n) is 9.38. The molecule has 25 heavy (non-hydrogen) atoms. The third kappa shape index (κ3) is 5.35. The van der Waals surface area contributed by atoms with E-state index >= 15 is 0 Å². The van der Waals surface area contributed by atoms with Crippen molar-refractivity contribution in [2.45, 2.75) is 71.4 Å². The topological polar surface area (TPSA) is 9.23 Å². The fourth-order valence-electron chi connectivity index (χ4n) is 3.96. The molecule has 0 unspecified atom stereocenters. The van der Waals surface area contributed by atoms with Crippen LogP contribution in [0, 0.1) is 17.7 Å². The lowest BCUT2D eigenvalue weighted by Crippen LogP contribution is -2.17. The molecule has 142 valence electrons. The molecule has 1 aliphatic rings. The molecular formula is C20H28F4O. The summed E-state index contributed by atoms with van der Waals surface area (Å²) in [6.45, 7) is 3.94. The third-order valence-electron chi connectivity index (χ3n) is 5.26. The fraction of sp³-hybridized carbons (Fsp3) is 0.700. The van der Waals surface area contributed by atoms with E-state index in [1.807, 2.05) is 0 Å². The van der Waals surface area contributed by atoms with Crippen LogP contribution < -0.4 is 4.74 Å². The summed E-state index contributed by atoms with van der Waals surface area (Å²) in [5, 5.41) is 0. The molecule has 1 saturated carbocycles. The van der Waals surface area contributed by atoms with Crippen molar-refractivity contribution in [1.29, 1.82) is 0 Å². The molecule has 1 aromatic carbocycles. The Morgan fingerprint density at radius 2 is 1.60 bits per heavy atom. The fourth-order valence-corrected chi connectivity index (χ4v) is 3.96. The Labute approximate surface area is 147 Å². The number of aryl methyl sites for hydroxylation is 1. The van der Waals surface area contributed by atoms with Crippen LogP contribution in [-0.2, 0) is 12.6 Å². The van der Waals surface area contributed by atoms with Gasteiger partial charge in [-0.3, -0.25) is 0 Å². The Hall–Kier alpha value is -1.26. The van der Waals surface area contributed by atoms with Crippen molar-refractivity contribution in [2.24, 2.45) is 11.8 Å². The maximum atomic E-state index is 14.3. The Balaban J connectivity index is 2.05. The van der Waals surface area contributed by atoms with E-state index in [-0.39, 0.29) is 24.3 Å². The zero-order chi connectivity index (χ0) is 18.4. The molecule has 1 fully saturated rings. The summed E-state index contributed by atoms with van der Waals surface area (Å²) in [4.78, 5) is 0. The van der Waals surface area contributed by atoms with Crippen molar-refractivity contribution in [3.05, 3.63) is 29.1 Å². The van der Waals surface area contributed by atoms with E-state index in [9.17, 15) is 17.6 Å². The molecule has 0 saturated heterocycles. The average Bonchev–Trinajstić information content (AvgIpc) is 2.55. The van der Waals surface area contributed by atoms with Crippen LogP contribution in [0.3, 0.4) is 0 Å². The van der Waals surface area contributed by atoms with Crippen LogP contribution in [0.2, 0.25) is 0 Å². The van der Waals surface area contributed by atoms with E-state index in [4.69, 9.17) is 4.74 Å². The molecule has 0 amide bonds. The maximum absolute atomic E-state index is 14.3. The standard InChI is InChI=1S/C20H28F4O/c1-3-5-14-6-8-15(9-7-14)10-11-16-12-13-17(25-4-2)19(21)18(16)20(22,23)24/h12-15H,3-11H2,1-2H3. The van der Waals surface area contributed by atoms with E-state index in [1.165, 1.54) is 37.8 Å². The Morgan fingerprint density at radius 3 is 2.12 bits per heavy atom. The zero-order valence-electron chi connectivity index (χ0n) is 15.1. The maximum Gasteiger partial charge on any atom is 0.419 e. The predicted octanol–water partition coefficient (Wildman–Crippen LogP) is 6.78. The SMILES string of the molecule is CCCC1CCC(CCc2ccc(OCC)c(F)c2C(F)(F)F)CC1. The van der Waals surface area contributed by atoms with Crippen LogP contribution >= 0.6 is 0 Å². The van der Waals surface area contributed by atoms with Gasteiger partial charge in [0.25, 0.3) is 0 Å². The molecule has 0 spiro atoms. The lowest BCUT2D eigenvalue weighted by Gasteiger charge is -2.28. The van der Waals surface area contributed by atoms with Crippen molar-refractivity contribution < 1.29 is 22.3 Å². The molecule has 0 radical (unpaired) electrons. The number of hydrogen-bond acceptors (Lipinski definition) is 1. The first-order chi connectivity index (χ1) is 11.9. The van der Waals surface area contributed by atoms with Gasteiger partial charge in [0.1, 0.15) is 0 Å². The van der Waals surface area contributed by atoms with Gasteiger partial charge in [0.15, 0.2) is 11.6 Å². The van der Waals surface area contributed by atoms with Gasteiger partial charge in [-0.05, 0) is 43.2 Å². The Kier molecular flexibility index (Phi) is 7.14. The summed E-state index contributed by atoms with van der Waals surface area (Å²) in [6.07, 6.45) is 3.17. The van der Waals surface area contributed by atoms with Gasteiger partial charge in [0, 0.05) is 0 Å². The second-order valence-electron chi connectivity index (χ2n) is 7.06. The highest BCUT2D eigenvalue weighted by Gasteiger charge is 2.38. The first-order valence-corrected chi connectivity index (χ1v) is 9.38. The van der Waals surface area contributed by atoms with Gasteiger partial charge >= 0.3 is 6.18 Å². The Bertz CT molecular complexity index is 545.